The van der Waals surface area contributed by atoms with Crippen molar-refractivity contribution in [3.8, 4) is 0 Å². The van der Waals surface area contributed by atoms with Crippen LogP contribution < -0.4 is 10.9 Å². The lowest BCUT2D eigenvalue weighted by Crippen LogP contribution is -2.49. The van der Waals surface area contributed by atoms with Crippen LogP contribution in [0.4, 0.5) is 0 Å². The number of carbonyl (C=O) groups excluding carboxylic acids is 1. The van der Waals surface area contributed by atoms with Gasteiger partial charge < -0.3 is 10.4 Å². The number of hydrogen-bond acceptors (Lipinski definition) is 5. The van der Waals surface area contributed by atoms with Gasteiger partial charge in [-0.3, -0.25) is 18.8 Å². The predicted molar refractivity (Wildman–Crippen MR) is 85.0 cm³/mol. The average Bonchev–Trinajstić information content (AvgIpc) is 3.06. The van der Waals surface area contributed by atoms with Crippen LogP contribution in [-0.2, 0) is 4.79 Å². The number of aliphatic carboxylic acids is 1. The predicted octanol–water partition coefficient (Wildman–Crippen LogP) is 1.58. The van der Waals surface area contributed by atoms with Crippen LogP contribution in [0.5, 0.6) is 0 Å². The summed E-state index contributed by atoms with van der Waals surface area (Å²) in [5.74, 6) is -1.50. The Labute approximate surface area is 136 Å². The summed E-state index contributed by atoms with van der Waals surface area (Å²) in [4.78, 5) is 40.8. The Hall–Kier alpha value is -2.22. The van der Waals surface area contributed by atoms with Crippen molar-refractivity contribution in [3.05, 3.63) is 33.2 Å². The van der Waals surface area contributed by atoms with E-state index in [0.717, 1.165) is 18.5 Å². The fraction of sp³-hybridized carbons (Fsp3) is 0.467. The van der Waals surface area contributed by atoms with Gasteiger partial charge in [0.25, 0.3) is 11.5 Å². The molecule has 0 bridgehead atoms. The number of thiazole rings is 1. The molecule has 8 heteroatoms. The van der Waals surface area contributed by atoms with E-state index in [1.807, 2.05) is 0 Å². The zero-order valence-electron chi connectivity index (χ0n) is 12.7. The van der Waals surface area contributed by atoms with Gasteiger partial charge in [0.05, 0.1) is 12.0 Å². The first kappa shape index (κ1) is 15.7. The highest BCUT2D eigenvalue weighted by Gasteiger charge is 2.38. The molecule has 122 valence electrons. The number of nitrogens with zero attached hydrogens (tertiary/aromatic N) is 2. The lowest BCUT2D eigenvalue weighted by atomic mass is 9.93. The van der Waals surface area contributed by atoms with E-state index in [1.54, 1.807) is 12.3 Å². The van der Waals surface area contributed by atoms with Crippen molar-refractivity contribution in [2.75, 3.05) is 0 Å². The van der Waals surface area contributed by atoms with Crippen molar-refractivity contribution < 1.29 is 14.7 Å². The normalized spacial score (nSPS) is 16.6. The summed E-state index contributed by atoms with van der Waals surface area (Å²) in [6.45, 7) is 1.77. The van der Waals surface area contributed by atoms with Crippen LogP contribution in [0.25, 0.3) is 4.96 Å². The monoisotopic (exact) mass is 335 g/mol. The minimum atomic E-state index is -0.953. The number of carboxylic acids is 1. The Morgan fingerprint density at radius 2 is 2.13 bits per heavy atom. The minimum absolute atomic E-state index is 0.0549. The number of rotatable bonds is 4. The molecule has 2 N–H and O–H groups in total. The van der Waals surface area contributed by atoms with Gasteiger partial charge in [0.15, 0.2) is 4.96 Å². The molecule has 1 saturated carbocycles. The topological polar surface area (TPSA) is 101 Å². The van der Waals surface area contributed by atoms with Crippen LogP contribution >= 0.6 is 11.3 Å². The maximum Gasteiger partial charge on any atom is 0.305 e. The maximum absolute atomic E-state index is 12.5. The largest absolute Gasteiger partial charge is 0.481 e. The highest BCUT2D eigenvalue weighted by atomic mass is 32.1. The summed E-state index contributed by atoms with van der Waals surface area (Å²) in [5.41, 5.74) is -0.521. The average molecular weight is 335 g/mol. The van der Waals surface area contributed by atoms with Gasteiger partial charge >= 0.3 is 5.97 Å². The second kappa shape index (κ2) is 5.77. The number of nitrogens with one attached hydrogen (secondary N) is 1. The summed E-state index contributed by atoms with van der Waals surface area (Å²) in [7, 11) is 0. The molecule has 1 aliphatic carbocycles. The van der Waals surface area contributed by atoms with Crippen molar-refractivity contribution in [1.82, 2.24) is 14.7 Å². The van der Waals surface area contributed by atoms with E-state index in [9.17, 15) is 14.4 Å². The van der Waals surface area contributed by atoms with Gasteiger partial charge in [0, 0.05) is 17.3 Å². The number of aromatic nitrogens is 2. The van der Waals surface area contributed by atoms with Crippen LogP contribution in [-0.4, -0.2) is 31.9 Å². The van der Waals surface area contributed by atoms with Gasteiger partial charge in [-0.15, -0.1) is 11.3 Å². The molecule has 0 unspecified atom stereocenters. The van der Waals surface area contributed by atoms with Gasteiger partial charge in [0.2, 0.25) is 0 Å². The molecule has 2 heterocycles. The standard InChI is InChI=1S/C15H17N3O4S/c1-9-8-23-14-16-7-10(13(22)18(9)14)12(21)17-15(6-11(19)20)4-2-3-5-15/h7-8H,2-6H2,1H3,(H,17,21)(H,19,20). The molecule has 0 aromatic carbocycles. The Kier molecular flexibility index (Phi) is 3.93. The molecule has 3 rings (SSSR count). The maximum atomic E-state index is 12.5. The SMILES string of the molecule is Cc1csc2ncc(C(=O)NC3(CC(=O)O)CCCC3)c(=O)n12. The fourth-order valence-electron chi connectivity index (χ4n) is 3.18. The van der Waals surface area contributed by atoms with Crippen molar-refractivity contribution in [1.29, 1.82) is 0 Å². The van der Waals surface area contributed by atoms with Gasteiger partial charge in [-0.1, -0.05) is 12.8 Å². The van der Waals surface area contributed by atoms with Crippen LogP contribution in [0.3, 0.4) is 0 Å². The van der Waals surface area contributed by atoms with E-state index >= 15 is 0 Å². The van der Waals surface area contributed by atoms with Gasteiger partial charge in [-0.25, -0.2) is 4.98 Å². The van der Waals surface area contributed by atoms with Gasteiger partial charge in [-0.2, -0.15) is 0 Å². The zero-order chi connectivity index (χ0) is 16.6. The number of carboxylic acid groups (broad SMARTS) is 1. The smallest absolute Gasteiger partial charge is 0.305 e. The minimum Gasteiger partial charge on any atom is -0.481 e. The van der Waals surface area contributed by atoms with E-state index < -0.39 is 23.0 Å². The number of fused-ring (bicyclic) bond motifs is 1. The Morgan fingerprint density at radius 1 is 1.43 bits per heavy atom. The summed E-state index contributed by atoms with van der Waals surface area (Å²) < 4.78 is 1.40. The molecule has 1 amide bonds. The Balaban J connectivity index is 1.94. The van der Waals surface area contributed by atoms with E-state index in [4.69, 9.17) is 5.11 Å². The Morgan fingerprint density at radius 3 is 2.78 bits per heavy atom. The van der Waals surface area contributed by atoms with E-state index in [-0.39, 0.29) is 12.0 Å². The summed E-state index contributed by atoms with van der Waals surface area (Å²) in [5, 5.41) is 13.7. The van der Waals surface area contributed by atoms with Crippen molar-refractivity contribution in [3.63, 3.8) is 0 Å². The first-order chi connectivity index (χ1) is 10.9. The molecule has 0 spiro atoms. The third kappa shape index (κ3) is 2.86. The van der Waals surface area contributed by atoms with Crippen LogP contribution in [0.15, 0.2) is 16.4 Å². The molecule has 2 aromatic rings. The van der Waals surface area contributed by atoms with Crippen molar-refractivity contribution in [2.24, 2.45) is 0 Å². The van der Waals surface area contributed by atoms with E-state index in [1.165, 1.54) is 21.9 Å². The molecule has 1 fully saturated rings. The molecule has 0 saturated heterocycles. The first-order valence-electron chi connectivity index (χ1n) is 7.42. The molecule has 1 aliphatic rings. The number of amides is 1. The first-order valence-corrected chi connectivity index (χ1v) is 8.30. The molecule has 2 aromatic heterocycles. The number of aryl methyl sites for hydroxylation is 1. The molecule has 0 radical (unpaired) electrons. The lowest BCUT2D eigenvalue weighted by molar-refractivity contribution is -0.138. The molecular weight excluding hydrogens is 318 g/mol. The molecule has 0 atom stereocenters. The highest BCUT2D eigenvalue weighted by molar-refractivity contribution is 7.15. The zero-order valence-corrected chi connectivity index (χ0v) is 13.5. The number of hydrogen-bond donors (Lipinski definition) is 2. The molecule has 23 heavy (non-hydrogen) atoms. The van der Waals surface area contributed by atoms with Crippen LogP contribution in [0.1, 0.15) is 48.2 Å². The molecule has 7 nitrogen and oxygen atoms in total. The van der Waals surface area contributed by atoms with Crippen LogP contribution in [0.2, 0.25) is 0 Å². The molecular formula is C15H17N3O4S. The second-order valence-electron chi connectivity index (χ2n) is 5.98. The lowest BCUT2D eigenvalue weighted by Gasteiger charge is -2.28. The number of carbonyl (C=O) groups is 2. The van der Waals surface area contributed by atoms with Crippen LogP contribution in [0, 0.1) is 6.92 Å². The molecule has 0 aliphatic heterocycles. The van der Waals surface area contributed by atoms with Crippen molar-refractivity contribution >= 4 is 28.2 Å². The summed E-state index contributed by atoms with van der Waals surface area (Å²) in [6.07, 6.45) is 4.10. The third-order valence-electron chi connectivity index (χ3n) is 4.29. The van der Waals surface area contributed by atoms with Crippen molar-refractivity contribution in [2.45, 2.75) is 44.6 Å². The third-order valence-corrected chi connectivity index (χ3v) is 5.25. The highest BCUT2D eigenvalue weighted by Crippen LogP contribution is 2.32. The quantitative estimate of drug-likeness (QED) is 0.883. The van der Waals surface area contributed by atoms with E-state index in [0.29, 0.717) is 17.8 Å². The van der Waals surface area contributed by atoms with Gasteiger partial charge in [-0.05, 0) is 19.8 Å². The second-order valence-corrected chi connectivity index (χ2v) is 6.82. The summed E-state index contributed by atoms with van der Waals surface area (Å²) in [6, 6.07) is 0. The fourth-order valence-corrected chi connectivity index (χ4v) is 4.00. The summed E-state index contributed by atoms with van der Waals surface area (Å²) >= 11 is 1.33. The Bertz CT molecular complexity index is 833. The van der Waals surface area contributed by atoms with Gasteiger partial charge in [0.1, 0.15) is 5.56 Å². The van der Waals surface area contributed by atoms with E-state index in [2.05, 4.69) is 10.3 Å².